The van der Waals surface area contributed by atoms with Crippen molar-refractivity contribution in [2.75, 3.05) is 5.32 Å². The van der Waals surface area contributed by atoms with Crippen molar-refractivity contribution in [2.45, 2.75) is 38.6 Å². The number of hydrogen-bond donors (Lipinski definition) is 3. The molecule has 0 bridgehead atoms. The number of aryl methyl sites for hydroxylation is 1. The van der Waals surface area contributed by atoms with E-state index in [0.29, 0.717) is 18.0 Å². The second kappa shape index (κ2) is 5.96. The summed E-state index contributed by atoms with van der Waals surface area (Å²) in [5, 5.41) is 23.2. The molecule has 0 saturated heterocycles. The van der Waals surface area contributed by atoms with E-state index in [0.717, 1.165) is 17.8 Å². The molecule has 3 N–H and O–H groups in total. The lowest BCUT2D eigenvalue weighted by molar-refractivity contribution is -0.143. The number of nitrogens with one attached hydrogen (secondary N) is 2. The van der Waals surface area contributed by atoms with E-state index in [2.05, 4.69) is 20.8 Å². The Morgan fingerprint density at radius 3 is 2.79 bits per heavy atom. The molecule has 2 rings (SSSR count). The van der Waals surface area contributed by atoms with Crippen molar-refractivity contribution in [3.8, 4) is 0 Å². The van der Waals surface area contributed by atoms with Gasteiger partial charge in [0.05, 0.1) is 5.92 Å². The molecule has 1 aliphatic carbocycles. The van der Waals surface area contributed by atoms with E-state index in [1.807, 2.05) is 0 Å². The number of carbonyl (C=O) groups excluding carboxylic acids is 1. The zero-order valence-corrected chi connectivity index (χ0v) is 11.4. The normalized spacial score (nSPS) is 22.8. The van der Waals surface area contributed by atoms with Gasteiger partial charge in [0.1, 0.15) is 5.01 Å². The van der Waals surface area contributed by atoms with E-state index >= 15 is 0 Å². The first kappa shape index (κ1) is 13.7. The summed E-state index contributed by atoms with van der Waals surface area (Å²) in [5.74, 6) is -1.14. The molecule has 104 valence electrons. The average molecular weight is 284 g/mol. The zero-order valence-electron chi connectivity index (χ0n) is 10.5. The van der Waals surface area contributed by atoms with Gasteiger partial charge in [-0.25, -0.2) is 4.79 Å². The smallest absolute Gasteiger partial charge is 0.321 e. The van der Waals surface area contributed by atoms with Crippen LogP contribution in [0.1, 0.15) is 30.7 Å². The number of anilines is 1. The first-order chi connectivity index (χ1) is 9.04. The van der Waals surface area contributed by atoms with Gasteiger partial charge < -0.3 is 10.4 Å². The van der Waals surface area contributed by atoms with Crippen molar-refractivity contribution in [3.63, 3.8) is 0 Å². The molecule has 1 aliphatic rings. The molecule has 8 heteroatoms. The number of nitrogens with zero attached hydrogens (tertiary/aromatic N) is 2. The molecule has 0 aromatic carbocycles. The summed E-state index contributed by atoms with van der Waals surface area (Å²) in [7, 11) is 0. The van der Waals surface area contributed by atoms with Gasteiger partial charge in [0, 0.05) is 6.04 Å². The minimum atomic E-state index is -0.786. The monoisotopic (exact) mass is 284 g/mol. The van der Waals surface area contributed by atoms with E-state index in [1.165, 1.54) is 11.3 Å². The van der Waals surface area contributed by atoms with Crippen LogP contribution in [-0.2, 0) is 4.79 Å². The van der Waals surface area contributed by atoms with Gasteiger partial charge in [0.25, 0.3) is 0 Å². The molecule has 7 nitrogen and oxygen atoms in total. The molecule has 19 heavy (non-hydrogen) atoms. The van der Waals surface area contributed by atoms with Gasteiger partial charge in [0.2, 0.25) is 5.13 Å². The summed E-state index contributed by atoms with van der Waals surface area (Å²) in [5.41, 5.74) is 0. The number of carboxylic acid groups (broad SMARTS) is 1. The van der Waals surface area contributed by atoms with E-state index < -0.39 is 5.97 Å². The van der Waals surface area contributed by atoms with Crippen molar-refractivity contribution < 1.29 is 14.7 Å². The molecular weight excluding hydrogens is 268 g/mol. The van der Waals surface area contributed by atoms with Crippen molar-refractivity contribution in [1.82, 2.24) is 15.5 Å². The highest BCUT2D eigenvalue weighted by atomic mass is 32.1. The first-order valence-corrected chi connectivity index (χ1v) is 6.96. The Hall–Kier alpha value is -1.70. The zero-order chi connectivity index (χ0) is 13.8. The standard InChI is InChI=1S/C11H16N4O3S/c1-6-14-15-11(19-6)13-10(18)12-8-4-2-3-7(5-8)9(16)17/h7-8H,2-5H2,1H3,(H,16,17)(H2,12,13,15,18). The number of carbonyl (C=O) groups is 2. The summed E-state index contributed by atoms with van der Waals surface area (Å²) < 4.78 is 0. The van der Waals surface area contributed by atoms with Gasteiger partial charge in [-0.1, -0.05) is 17.8 Å². The third kappa shape index (κ3) is 3.88. The number of urea groups is 1. The summed E-state index contributed by atoms with van der Waals surface area (Å²) in [6, 6.07) is -0.448. The van der Waals surface area contributed by atoms with Crippen molar-refractivity contribution in [1.29, 1.82) is 0 Å². The Labute approximate surface area is 114 Å². The Balaban J connectivity index is 1.83. The van der Waals surface area contributed by atoms with Gasteiger partial charge >= 0.3 is 12.0 Å². The summed E-state index contributed by atoms with van der Waals surface area (Å²) in [6.45, 7) is 1.80. The largest absolute Gasteiger partial charge is 0.481 e. The van der Waals surface area contributed by atoms with Crippen molar-refractivity contribution in [2.24, 2.45) is 5.92 Å². The fourth-order valence-corrected chi connectivity index (χ4v) is 2.80. The Morgan fingerprint density at radius 1 is 1.37 bits per heavy atom. The Morgan fingerprint density at radius 2 is 2.16 bits per heavy atom. The lowest BCUT2D eigenvalue weighted by atomic mass is 9.86. The fraction of sp³-hybridized carbons (Fsp3) is 0.636. The number of hydrogen-bond acceptors (Lipinski definition) is 5. The highest BCUT2D eigenvalue weighted by Crippen LogP contribution is 2.24. The lowest BCUT2D eigenvalue weighted by Crippen LogP contribution is -2.42. The first-order valence-electron chi connectivity index (χ1n) is 6.15. The van der Waals surface area contributed by atoms with Crippen LogP contribution in [0.3, 0.4) is 0 Å². The minimum Gasteiger partial charge on any atom is -0.481 e. The molecule has 0 aliphatic heterocycles. The van der Waals surface area contributed by atoms with E-state index in [4.69, 9.17) is 5.11 Å². The molecule has 1 fully saturated rings. The quantitative estimate of drug-likeness (QED) is 0.782. The van der Waals surface area contributed by atoms with Crippen molar-refractivity contribution >= 4 is 28.5 Å². The van der Waals surface area contributed by atoms with Gasteiger partial charge in [-0.15, -0.1) is 10.2 Å². The third-order valence-electron chi connectivity index (χ3n) is 3.11. The average Bonchev–Trinajstić information content (AvgIpc) is 2.74. The van der Waals surface area contributed by atoms with E-state index in [9.17, 15) is 9.59 Å². The Bertz CT molecular complexity index is 476. The lowest BCUT2D eigenvalue weighted by Gasteiger charge is -2.27. The summed E-state index contributed by atoms with van der Waals surface area (Å²) in [6.07, 6.45) is 2.80. The second-order valence-corrected chi connectivity index (χ2v) is 5.81. The molecule has 1 aromatic heterocycles. The van der Waals surface area contributed by atoms with Gasteiger partial charge in [0.15, 0.2) is 0 Å². The topological polar surface area (TPSA) is 104 Å². The molecule has 2 unspecified atom stereocenters. The highest BCUT2D eigenvalue weighted by Gasteiger charge is 2.27. The fourth-order valence-electron chi connectivity index (χ4n) is 2.21. The third-order valence-corrected chi connectivity index (χ3v) is 3.86. The van der Waals surface area contributed by atoms with Gasteiger partial charge in [-0.3, -0.25) is 10.1 Å². The summed E-state index contributed by atoms with van der Waals surface area (Å²) in [4.78, 5) is 22.7. The molecule has 1 heterocycles. The molecule has 1 saturated carbocycles. The van der Waals surface area contributed by atoms with E-state index in [1.54, 1.807) is 6.92 Å². The number of amides is 2. The molecular formula is C11H16N4O3S. The molecule has 2 atom stereocenters. The number of carboxylic acids is 1. The van der Waals surface area contributed by atoms with Crippen LogP contribution in [0, 0.1) is 12.8 Å². The van der Waals surface area contributed by atoms with Crippen LogP contribution in [0.5, 0.6) is 0 Å². The van der Waals surface area contributed by atoms with Crippen LogP contribution in [0.4, 0.5) is 9.93 Å². The minimum absolute atomic E-state index is 0.0936. The maximum Gasteiger partial charge on any atom is 0.321 e. The highest BCUT2D eigenvalue weighted by molar-refractivity contribution is 7.15. The van der Waals surface area contributed by atoms with Gasteiger partial charge in [-0.2, -0.15) is 0 Å². The maximum atomic E-state index is 11.7. The number of aromatic nitrogens is 2. The Kier molecular flexibility index (Phi) is 4.31. The number of aliphatic carboxylic acids is 1. The van der Waals surface area contributed by atoms with Crippen LogP contribution in [-0.4, -0.2) is 33.3 Å². The van der Waals surface area contributed by atoms with Crippen LogP contribution in [0.15, 0.2) is 0 Å². The van der Waals surface area contributed by atoms with Gasteiger partial charge in [-0.05, 0) is 26.2 Å². The number of rotatable bonds is 3. The second-order valence-electron chi connectivity index (χ2n) is 4.62. The van der Waals surface area contributed by atoms with Crippen LogP contribution in [0.25, 0.3) is 0 Å². The van der Waals surface area contributed by atoms with Crippen molar-refractivity contribution in [3.05, 3.63) is 5.01 Å². The van der Waals surface area contributed by atoms with E-state index in [-0.39, 0.29) is 18.0 Å². The maximum absolute atomic E-state index is 11.7. The predicted molar refractivity (Wildman–Crippen MR) is 70.2 cm³/mol. The van der Waals surface area contributed by atoms with Crippen LogP contribution in [0.2, 0.25) is 0 Å². The van der Waals surface area contributed by atoms with Crippen LogP contribution < -0.4 is 10.6 Å². The summed E-state index contributed by atoms with van der Waals surface area (Å²) >= 11 is 1.30. The van der Waals surface area contributed by atoms with Crippen LogP contribution >= 0.6 is 11.3 Å². The SMILES string of the molecule is Cc1nnc(NC(=O)NC2CCCC(C(=O)O)C2)s1. The molecule has 0 spiro atoms. The predicted octanol–water partition coefficient (Wildman–Crippen LogP) is 1.61. The molecule has 0 radical (unpaired) electrons. The molecule has 1 aromatic rings. The molecule has 2 amide bonds.